The van der Waals surface area contributed by atoms with Crippen LogP contribution in [0.5, 0.6) is 0 Å². The Morgan fingerprint density at radius 3 is 2.47 bits per heavy atom. The average molecular weight is 612 g/mol. The van der Waals surface area contributed by atoms with E-state index in [4.69, 9.17) is 16.0 Å². The highest BCUT2D eigenvalue weighted by Crippen LogP contribution is 2.46. The molecule has 228 valence electrons. The molecule has 0 radical (unpaired) electrons. The van der Waals surface area contributed by atoms with Crippen LogP contribution in [0.4, 0.5) is 0 Å². The molecule has 0 fully saturated rings. The Morgan fingerprint density at radius 1 is 0.809 bits per heavy atom. The third kappa shape index (κ3) is 4.31. The van der Waals surface area contributed by atoms with E-state index >= 15 is 0 Å². The van der Waals surface area contributed by atoms with Gasteiger partial charge < -0.3 is 4.42 Å². The van der Waals surface area contributed by atoms with Crippen molar-refractivity contribution in [1.29, 1.82) is 0 Å². The van der Waals surface area contributed by atoms with Crippen LogP contribution in [0.15, 0.2) is 127 Å². The zero-order chi connectivity index (χ0) is 31.8. The summed E-state index contributed by atoms with van der Waals surface area (Å²) >= 11 is 0. The summed E-state index contributed by atoms with van der Waals surface area (Å²) in [5.41, 5.74) is 14.7. The van der Waals surface area contributed by atoms with Crippen molar-refractivity contribution in [1.82, 2.24) is 4.98 Å². The second-order valence-electron chi connectivity index (χ2n) is 13.5. The Bertz CT molecular complexity index is 2380. The molecule has 0 saturated heterocycles. The number of aromatic nitrogens is 3. The van der Waals surface area contributed by atoms with E-state index in [1.54, 1.807) is 0 Å². The summed E-state index contributed by atoms with van der Waals surface area (Å²) in [4.78, 5) is 4.80. The average Bonchev–Trinajstić information content (AvgIpc) is 3.48. The van der Waals surface area contributed by atoms with E-state index in [1.807, 2.05) is 6.92 Å². The molecule has 6 heterocycles. The minimum Gasteiger partial charge on any atom is -0.437 e. The summed E-state index contributed by atoms with van der Waals surface area (Å²) < 4.78 is 11.5. The summed E-state index contributed by atoms with van der Waals surface area (Å²) in [6, 6.07) is 37.9. The molecule has 0 saturated carbocycles. The number of nitrogens with zero attached hydrogens (tertiary/aromatic N) is 3. The van der Waals surface area contributed by atoms with Crippen molar-refractivity contribution in [3.8, 4) is 33.6 Å². The molecule has 2 aliphatic heterocycles. The van der Waals surface area contributed by atoms with Crippen LogP contribution in [0, 0.1) is 6.92 Å². The minimum atomic E-state index is 0.0471. The second-order valence-corrected chi connectivity index (χ2v) is 13.5. The second kappa shape index (κ2) is 10.6. The highest BCUT2D eigenvalue weighted by Gasteiger charge is 2.47. The van der Waals surface area contributed by atoms with Crippen molar-refractivity contribution in [2.75, 3.05) is 0 Å². The maximum atomic E-state index is 6.72. The fourth-order valence-corrected chi connectivity index (χ4v) is 8.03. The van der Waals surface area contributed by atoms with Crippen LogP contribution in [-0.2, 0) is 6.42 Å². The molecule has 0 bridgehead atoms. The Kier molecular flexibility index (Phi) is 6.30. The van der Waals surface area contributed by atoms with E-state index in [0.717, 1.165) is 51.8 Å². The number of pyridine rings is 3. The maximum absolute atomic E-state index is 6.72. The first kappa shape index (κ1) is 27.9. The molecule has 2 atom stereocenters. The third-order valence-electron chi connectivity index (χ3n) is 10.4. The van der Waals surface area contributed by atoms with Gasteiger partial charge in [-0.05, 0) is 84.3 Å². The monoisotopic (exact) mass is 611 g/mol. The lowest BCUT2D eigenvalue weighted by atomic mass is 9.78. The van der Waals surface area contributed by atoms with E-state index in [1.165, 1.54) is 39.1 Å². The summed E-state index contributed by atoms with van der Waals surface area (Å²) in [5.74, 6) is 0.741. The van der Waals surface area contributed by atoms with Crippen LogP contribution in [-0.4, -0.2) is 4.98 Å². The molecule has 4 nitrogen and oxygen atoms in total. The van der Waals surface area contributed by atoms with E-state index in [9.17, 15) is 0 Å². The van der Waals surface area contributed by atoms with Crippen LogP contribution in [0.3, 0.4) is 0 Å². The lowest BCUT2D eigenvalue weighted by molar-refractivity contribution is -0.727. The van der Waals surface area contributed by atoms with Crippen LogP contribution in [0.2, 0.25) is 0 Å². The van der Waals surface area contributed by atoms with Gasteiger partial charge in [0.25, 0.3) is 0 Å². The van der Waals surface area contributed by atoms with Gasteiger partial charge in [-0.1, -0.05) is 68.4 Å². The predicted molar refractivity (Wildman–Crippen MR) is 189 cm³/mol. The number of aryl methyl sites for hydroxylation is 2. The third-order valence-corrected chi connectivity index (χ3v) is 10.4. The smallest absolute Gasteiger partial charge is 0.249 e. The molecule has 0 N–H and O–H groups in total. The zero-order valence-electron chi connectivity index (χ0n) is 27.1. The minimum absolute atomic E-state index is 0.0471. The topological polar surface area (TPSA) is 33.8 Å². The fourth-order valence-electron chi connectivity index (χ4n) is 8.03. The molecule has 47 heavy (non-hydrogen) atoms. The molecule has 4 aromatic heterocycles. The van der Waals surface area contributed by atoms with Gasteiger partial charge >= 0.3 is 0 Å². The molecule has 3 aromatic carbocycles. The van der Waals surface area contributed by atoms with Gasteiger partial charge in [-0.2, -0.15) is 9.13 Å². The van der Waals surface area contributed by atoms with Crippen molar-refractivity contribution in [3.05, 3.63) is 144 Å². The van der Waals surface area contributed by atoms with E-state index in [2.05, 4.69) is 139 Å². The van der Waals surface area contributed by atoms with Gasteiger partial charge in [-0.3, -0.25) is 0 Å². The molecule has 4 heteroatoms. The van der Waals surface area contributed by atoms with Crippen LogP contribution < -0.4 is 9.13 Å². The van der Waals surface area contributed by atoms with Crippen LogP contribution in [0.25, 0.3) is 61.4 Å². The van der Waals surface area contributed by atoms with Crippen LogP contribution in [0.1, 0.15) is 60.5 Å². The van der Waals surface area contributed by atoms with Gasteiger partial charge in [0, 0.05) is 46.3 Å². The SMILES string of the molecule is C=C1C2C(CCc3ccc4c(oc5nc(C)ccc54)c3-c3cc(-c4ccc(C(C)C)cc4)cc[n+]31)c1ccccc1-c1cccc[n+]12. The Morgan fingerprint density at radius 2 is 1.62 bits per heavy atom. The molecule has 0 aliphatic carbocycles. The maximum Gasteiger partial charge on any atom is 0.249 e. The standard InChI is InChI=1S/C43H37N3O/c1-26(2)29-13-15-30(16-14-29)32-22-24-45-28(4)41-35(33-9-5-6-10-34(33)38-11-7-8-23-46(38)41)20-17-31-18-21-36-37-19-12-27(3)44-43(37)47-42(36)40(31)39(45)25-32/h5-16,18-19,21-26,35,41H,4,17,20H2,1-3H3/q+2. The molecule has 0 amide bonds. The molecular weight excluding hydrogens is 574 g/mol. The first-order valence-electron chi connectivity index (χ1n) is 16.7. The van der Waals surface area contributed by atoms with Crippen molar-refractivity contribution >= 4 is 27.8 Å². The summed E-state index contributed by atoms with van der Waals surface area (Å²) in [6.45, 7) is 11.4. The lowest BCUT2D eigenvalue weighted by Crippen LogP contribution is -2.53. The number of benzene rings is 3. The largest absolute Gasteiger partial charge is 0.437 e. The predicted octanol–water partition coefficient (Wildman–Crippen LogP) is 9.74. The zero-order valence-corrected chi connectivity index (χ0v) is 27.1. The van der Waals surface area contributed by atoms with Gasteiger partial charge in [0.15, 0.2) is 18.0 Å². The Balaban J connectivity index is 1.33. The molecule has 9 rings (SSSR count). The van der Waals surface area contributed by atoms with E-state index < -0.39 is 0 Å². The van der Waals surface area contributed by atoms with Crippen molar-refractivity contribution < 1.29 is 13.6 Å². The first-order chi connectivity index (χ1) is 23.0. The van der Waals surface area contributed by atoms with Gasteiger partial charge in [0.05, 0.1) is 11.5 Å². The van der Waals surface area contributed by atoms with Crippen molar-refractivity contribution in [3.63, 3.8) is 0 Å². The summed E-state index contributed by atoms with van der Waals surface area (Å²) in [6.07, 6.45) is 6.35. The van der Waals surface area contributed by atoms with Gasteiger partial charge in [-0.15, -0.1) is 0 Å². The molecule has 2 aliphatic rings. The first-order valence-corrected chi connectivity index (χ1v) is 16.7. The quantitative estimate of drug-likeness (QED) is 0.182. The number of allylic oxidation sites excluding steroid dienone is 1. The lowest BCUT2D eigenvalue weighted by Gasteiger charge is -2.29. The highest BCUT2D eigenvalue weighted by molar-refractivity contribution is 6.09. The van der Waals surface area contributed by atoms with E-state index in [0.29, 0.717) is 11.6 Å². The van der Waals surface area contributed by atoms with Gasteiger partial charge in [0.2, 0.25) is 28.8 Å². The summed E-state index contributed by atoms with van der Waals surface area (Å²) in [5, 5.41) is 2.14. The number of hydrogen-bond acceptors (Lipinski definition) is 2. The Hall–Kier alpha value is -5.35. The van der Waals surface area contributed by atoms with E-state index in [-0.39, 0.29) is 12.0 Å². The highest BCUT2D eigenvalue weighted by atomic mass is 16.3. The number of furan rings is 1. The van der Waals surface area contributed by atoms with Crippen molar-refractivity contribution in [2.24, 2.45) is 0 Å². The molecule has 7 aromatic rings. The van der Waals surface area contributed by atoms with Gasteiger partial charge in [-0.25, -0.2) is 4.98 Å². The molecular formula is C43H37N3O+2. The molecule has 0 spiro atoms. The number of hydrogen-bond donors (Lipinski definition) is 0. The molecule has 2 unspecified atom stereocenters. The number of rotatable bonds is 2. The Labute approximate surface area is 275 Å². The van der Waals surface area contributed by atoms with Crippen molar-refractivity contribution in [2.45, 2.75) is 51.5 Å². The fraction of sp³-hybridized carbons (Fsp3) is 0.186. The van der Waals surface area contributed by atoms with Gasteiger partial charge in [0.1, 0.15) is 0 Å². The number of fused-ring (bicyclic) bond motifs is 13. The van der Waals surface area contributed by atoms with Crippen LogP contribution >= 0.6 is 0 Å². The summed E-state index contributed by atoms with van der Waals surface area (Å²) in [7, 11) is 0. The normalized spacial score (nSPS) is 16.9.